The molecule has 0 saturated heterocycles. The van der Waals surface area contributed by atoms with Gasteiger partial charge in [0.05, 0.1) is 0 Å². The summed E-state index contributed by atoms with van der Waals surface area (Å²) in [6.07, 6.45) is 4.25. The van der Waals surface area contributed by atoms with Gasteiger partial charge in [-0.1, -0.05) is 37.8 Å². The average Bonchev–Trinajstić information content (AvgIpc) is 2.87. The second kappa shape index (κ2) is 10.5. The molecule has 0 bridgehead atoms. The van der Waals surface area contributed by atoms with Gasteiger partial charge in [-0.2, -0.15) is 0 Å². The van der Waals surface area contributed by atoms with Crippen molar-refractivity contribution in [2.45, 2.75) is 82.9 Å². The topological polar surface area (TPSA) is 111 Å². The van der Waals surface area contributed by atoms with Gasteiger partial charge in [0.2, 0.25) is 11.8 Å². The van der Waals surface area contributed by atoms with Crippen molar-refractivity contribution in [2.24, 2.45) is 5.73 Å². The van der Waals surface area contributed by atoms with E-state index in [9.17, 15) is 14.4 Å². The summed E-state index contributed by atoms with van der Waals surface area (Å²) in [6.45, 7) is 5.32. The Morgan fingerprint density at radius 1 is 1.10 bits per heavy atom. The lowest BCUT2D eigenvalue weighted by Gasteiger charge is -2.34. The van der Waals surface area contributed by atoms with Gasteiger partial charge < -0.3 is 21.1 Å². The largest absolute Gasteiger partial charge is 0.444 e. The van der Waals surface area contributed by atoms with Gasteiger partial charge in [0.25, 0.3) is 0 Å². The standard InChI is InChI=1S/C22H32IN3O4/c1-21(2,3)30-20(29)26-22(12-6-4-5-7-13-22)19(28)25-17(18(24)27)14-15-8-10-16(23)11-9-15/h8-11,17H,4-7,12-14H2,1-3H3,(H2,24,27)(H,25,28)(H,26,29)/t17-/m0/s1. The third-order valence-corrected chi connectivity index (χ3v) is 5.85. The van der Waals surface area contributed by atoms with Crippen molar-refractivity contribution < 1.29 is 19.1 Å². The lowest BCUT2D eigenvalue weighted by Crippen LogP contribution is -2.62. The van der Waals surface area contributed by atoms with Gasteiger partial charge in [-0.05, 0) is 73.9 Å². The number of primary amides is 1. The summed E-state index contributed by atoms with van der Waals surface area (Å²) in [5.41, 5.74) is 4.70. The summed E-state index contributed by atoms with van der Waals surface area (Å²) >= 11 is 2.20. The van der Waals surface area contributed by atoms with Crippen molar-refractivity contribution in [3.8, 4) is 0 Å². The van der Waals surface area contributed by atoms with Gasteiger partial charge >= 0.3 is 6.09 Å². The molecule has 0 unspecified atom stereocenters. The van der Waals surface area contributed by atoms with E-state index in [0.717, 1.165) is 34.8 Å². The molecule has 1 aliphatic carbocycles. The van der Waals surface area contributed by atoms with Crippen molar-refractivity contribution >= 4 is 40.5 Å². The Morgan fingerprint density at radius 2 is 1.67 bits per heavy atom. The number of alkyl carbamates (subject to hydrolysis) is 1. The molecule has 0 aliphatic heterocycles. The number of nitrogens with one attached hydrogen (secondary N) is 2. The molecule has 1 aromatic rings. The number of nitrogens with two attached hydrogens (primary N) is 1. The number of benzene rings is 1. The predicted octanol–water partition coefficient (Wildman–Crippen LogP) is 3.42. The summed E-state index contributed by atoms with van der Waals surface area (Å²) in [4.78, 5) is 37.9. The SMILES string of the molecule is CC(C)(C)OC(=O)NC1(C(=O)N[C@@H](Cc2ccc(I)cc2)C(N)=O)CCCCCC1. The van der Waals surface area contributed by atoms with Crippen LogP contribution in [0.2, 0.25) is 0 Å². The maximum absolute atomic E-state index is 13.3. The Labute approximate surface area is 192 Å². The molecular weight excluding hydrogens is 497 g/mol. The minimum Gasteiger partial charge on any atom is -0.444 e. The molecule has 1 aromatic carbocycles. The van der Waals surface area contributed by atoms with Crippen molar-refractivity contribution in [3.63, 3.8) is 0 Å². The van der Waals surface area contributed by atoms with Crippen LogP contribution in [0.5, 0.6) is 0 Å². The Morgan fingerprint density at radius 3 is 2.17 bits per heavy atom. The number of ether oxygens (including phenoxy) is 1. The molecule has 8 heteroatoms. The van der Waals surface area contributed by atoms with E-state index in [1.165, 1.54) is 0 Å². The van der Waals surface area contributed by atoms with E-state index in [0.29, 0.717) is 19.3 Å². The molecule has 166 valence electrons. The first-order chi connectivity index (χ1) is 14.0. The van der Waals surface area contributed by atoms with Crippen LogP contribution in [0.3, 0.4) is 0 Å². The number of carbonyl (C=O) groups excluding carboxylic acids is 3. The van der Waals surface area contributed by atoms with Gasteiger partial charge in [-0.25, -0.2) is 4.79 Å². The first kappa shape index (κ1) is 24.4. The minimum absolute atomic E-state index is 0.292. The monoisotopic (exact) mass is 529 g/mol. The highest BCUT2D eigenvalue weighted by molar-refractivity contribution is 14.1. The fourth-order valence-electron chi connectivity index (χ4n) is 3.62. The fraction of sp³-hybridized carbons (Fsp3) is 0.591. The molecular formula is C22H32IN3O4. The van der Waals surface area contributed by atoms with Crippen molar-refractivity contribution in [3.05, 3.63) is 33.4 Å². The highest BCUT2D eigenvalue weighted by atomic mass is 127. The summed E-state index contributed by atoms with van der Waals surface area (Å²) < 4.78 is 6.47. The summed E-state index contributed by atoms with van der Waals surface area (Å²) in [5, 5.41) is 5.62. The molecule has 1 saturated carbocycles. The van der Waals surface area contributed by atoms with Crippen LogP contribution in [0.15, 0.2) is 24.3 Å². The summed E-state index contributed by atoms with van der Waals surface area (Å²) in [7, 11) is 0. The molecule has 0 heterocycles. The molecule has 0 radical (unpaired) electrons. The second-order valence-electron chi connectivity index (χ2n) is 8.88. The van der Waals surface area contributed by atoms with Crippen LogP contribution in [0.25, 0.3) is 0 Å². The summed E-state index contributed by atoms with van der Waals surface area (Å²) in [5.74, 6) is -0.993. The predicted molar refractivity (Wildman–Crippen MR) is 124 cm³/mol. The molecule has 1 atom stereocenters. The van der Waals surface area contributed by atoms with Crippen LogP contribution in [0.1, 0.15) is 64.9 Å². The maximum atomic E-state index is 13.3. The van der Waals surface area contributed by atoms with E-state index in [-0.39, 0.29) is 5.91 Å². The molecule has 3 amide bonds. The summed E-state index contributed by atoms with van der Waals surface area (Å²) in [6, 6.07) is 6.83. The average molecular weight is 529 g/mol. The molecule has 7 nitrogen and oxygen atoms in total. The van der Waals surface area contributed by atoms with Gasteiger partial charge in [-0.15, -0.1) is 0 Å². The van der Waals surface area contributed by atoms with Crippen LogP contribution in [0, 0.1) is 3.57 Å². The number of rotatable bonds is 6. The zero-order chi connectivity index (χ0) is 22.4. The van der Waals surface area contributed by atoms with E-state index in [4.69, 9.17) is 10.5 Å². The smallest absolute Gasteiger partial charge is 0.408 e. The number of carbonyl (C=O) groups is 3. The first-order valence-corrected chi connectivity index (χ1v) is 11.4. The van der Waals surface area contributed by atoms with Crippen LogP contribution < -0.4 is 16.4 Å². The lowest BCUT2D eigenvalue weighted by molar-refractivity contribution is -0.132. The van der Waals surface area contributed by atoms with E-state index >= 15 is 0 Å². The van der Waals surface area contributed by atoms with Crippen molar-refractivity contribution in [1.29, 1.82) is 0 Å². The normalized spacial score (nSPS) is 17.3. The van der Waals surface area contributed by atoms with Gasteiger partial charge in [0.1, 0.15) is 17.2 Å². The minimum atomic E-state index is -1.11. The number of halogens is 1. The lowest BCUT2D eigenvalue weighted by atomic mass is 9.88. The van der Waals surface area contributed by atoms with Gasteiger partial charge in [0.15, 0.2) is 0 Å². The van der Waals surface area contributed by atoms with E-state index in [1.807, 2.05) is 24.3 Å². The molecule has 30 heavy (non-hydrogen) atoms. The van der Waals surface area contributed by atoms with E-state index in [1.54, 1.807) is 20.8 Å². The number of hydrogen-bond donors (Lipinski definition) is 3. The molecule has 1 fully saturated rings. The number of amides is 3. The third kappa shape index (κ3) is 7.45. The Bertz CT molecular complexity index is 751. The van der Waals surface area contributed by atoms with Gasteiger partial charge in [0, 0.05) is 9.99 Å². The van der Waals surface area contributed by atoms with Gasteiger partial charge in [-0.3, -0.25) is 9.59 Å². The van der Waals surface area contributed by atoms with Crippen molar-refractivity contribution in [1.82, 2.24) is 10.6 Å². The van der Waals surface area contributed by atoms with E-state index in [2.05, 4.69) is 33.2 Å². The quantitative estimate of drug-likeness (QED) is 0.388. The molecule has 0 spiro atoms. The van der Waals surface area contributed by atoms with Crippen LogP contribution >= 0.6 is 22.6 Å². The Hall–Kier alpha value is -1.84. The van der Waals surface area contributed by atoms with Crippen LogP contribution in [-0.2, 0) is 20.7 Å². The Balaban J connectivity index is 2.19. The van der Waals surface area contributed by atoms with Crippen molar-refractivity contribution in [2.75, 3.05) is 0 Å². The molecule has 0 aromatic heterocycles. The zero-order valence-corrected chi connectivity index (χ0v) is 20.1. The molecule has 2 rings (SSSR count). The highest BCUT2D eigenvalue weighted by Crippen LogP contribution is 2.28. The zero-order valence-electron chi connectivity index (χ0n) is 17.9. The maximum Gasteiger partial charge on any atom is 0.408 e. The first-order valence-electron chi connectivity index (χ1n) is 10.4. The molecule has 1 aliphatic rings. The number of hydrogen-bond acceptors (Lipinski definition) is 4. The van der Waals surface area contributed by atoms with E-state index < -0.39 is 29.2 Å². The fourth-order valence-corrected chi connectivity index (χ4v) is 3.97. The van der Waals surface area contributed by atoms with Crippen LogP contribution in [-0.4, -0.2) is 35.1 Å². The second-order valence-corrected chi connectivity index (χ2v) is 10.1. The third-order valence-electron chi connectivity index (χ3n) is 5.13. The Kier molecular flexibility index (Phi) is 8.52. The molecule has 4 N–H and O–H groups in total. The van der Waals surface area contributed by atoms with Crippen LogP contribution in [0.4, 0.5) is 4.79 Å². The highest BCUT2D eigenvalue weighted by Gasteiger charge is 2.42.